The molecule has 1 aliphatic heterocycles. The normalized spacial score (nSPS) is 18.8. The average molecular weight is 660 g/mol. The SMILES string of the molecule is CC1(c2ccc(O)cc2)CSc2cc(O)ccc2C1CCCCCCCCCN/C(=C\[N+](=O)[O-])NCCCC(F)(F)C(F)(F)F. The van der Waals surface area contributed by atoms with Gasteiger partial charge in [-0.3, -0.25) is 10.1 Å². The molecule has 0 saturated heterocycles. The molecule has 3 rings (SSSR count). The number of unbranched alkanes of at least 4 members (excludes halogenated alkanes) is 6. The number of benzene rings is 2. The maximum Gasteiger partial charge on any atom is 0.453 e. The first kappa shape index (κ1) is 36.3. The van der Waals surface area contributed by atoms with E-state index in [1.54, 1.807) is 30.0 Å². The zero-order valence-corrected chi connectivity index (χ0v) is 26.2. The van der Waals surface area contributed by atoms with Crippen LogP contribution in [0.1, 0.15) is 88.2 Å². The number of nitrogens with one attached hydrogen (secondary N) is 2. The van der Waals surface area contributed by atoms with Gasteiger partial charge < -0.3 is 20.8 Å². The molecule has 0 saturated carbocycles. The van der Waals surface area contributed by atoms with Crippen LogP contribution in [0.2, 0.25) is 0 Å². The Bertz CT molecular complexity index is 1280. The van der Waals surface area contributed by atoms with E-state index < -0.39 is 29.9 Å². The number of phenolic OH excluding ortho intramolecular Hbond substituents is 2. The molecule has 2 unspecified atom stereocenters. The fourth-order valence-electron chi connectivity index (χ4n) is 5.72. The summed E-state index contributed by atoms with van der Waals surface area (Å²) < 4.78 is 62.9. The minimum Gasteiger partial charge on any atom is -0.508 e. The van der Waals surface area contributed by atoms with Gasteiger partial charge in [-0.2, -0.15) is 22.0 Å². The Labute approximate surface area is 264 Å². The van der Waals surface area contributed by atoms with E-state index in [0.29, 0.717) is 12.7 Å². The van der Waals surface area contributed by atoms with E-state index in [1.807, 2.05) is 24.3 Å². The number of nitro groups is 1. The quantitative estimate of drug-likeness (QED) is 0.0550. The molecule has 1 aliphatic rings. The van der Waals surface area contributed by atoms with Crippen LogP contribution in [0.5, 0.6) is 11.5 Å². The van der Waals surface area contributed by atoms with Crippen molar-refractivity contribution in [1.82, 2.24) is 10.6 Å². The third-order valence-electron chi connectivity index (χ3n) is 8.31. The lowest BCUT2D eigenvalue weighted by Gasteiger charge is -2.43. The largest absolute Gasteiger partial charge is 0.508 e. The molecule has 0 amide bonds. The number of phenols is 2. The van der Waals surface area contributed by atoms with Gasteiger partial charge in [-0.05, 0) is 60.6 Å². The molecule has 4 N–H and O–H groups in total. The van der Waals surface area contributed by atoms with Crippen LogP contribution in [0.3, 0.4) is 0 Å². The lowest BCUT2D eigenvalue weighted by atomic mass is 9.68. The highest BCUT2D eigenvalue weighted by molar-refractivity contribution is 7.99. The second-order valence-corrected chi connectivity index (χ2v) is 12.8. The highest BCUT2D eigenvalue weighted by Crippen LogP contribution is 2.52. The third-order valence-corrected chi connectivity index (χ3v) is 9.72. The van der Waals surface area contributed by atoms with Gasteiger partial charge in [0.25, 0.3) is 6.20 Å². The molecule has 0 aliphatic carbocycles. The first-order valence-corrected chi connectivity index (χ1v) is 16.2. The van der Waals surface area contributed by atoms with Crippen molar-refractivity contribution in [3.05, 3.63) is 75.7 Å². The summed E-state index contributed by atoms with van der Waals surface area (Å²) in [5.74, 6) is -3.18. The summed E-state index contributed by atoms with van der Waals surface area (Å²) in [6.07, 6.45) is 0.883. The molecule has 2 aromatic carbocycles. The van der Waals surface area contributed by atoms with Crippen molar-refractivity contribution in [1.29, 1.82) is 0 Å². The van der Waals surface area contributed by atoms with Crippen LogP contribution in [0, 0.1) is 10.1 Å². The van der Waals surface area contributed by atoms with E-state index in [0.717, 1.165) is 62.0 Å². The smallest absolute Gasteiger partial charge is 0.453 e. The monoisotopic (exact) mass is 659 g/mol. The predicted molar refractivity (Wildman–Crippen MR) is 165 cm³/mol. The van der Waals surface area contributed by atoms with Crippen molar-refractivity contribution in [2.24, 2.45) is 0 Å². The zero-order valence-electron chi connectivity index (χ0n) is 25.3. The molecule has 13 heteroatoms. The van der Waals surface area contributed by atoms with E-state index in [9.17, 15) is 42.3 Å². The Kier molecular flexibility index (Phi) is 13.2. The molecule has 250 valence electrons. The molecule has 0 bridgehead atoms. The summed E-state index contributed by atoms with van der Waals surface area (Å²) in [7, 11) is 0. The average Bonchev–Trinajstić information content (AvgIpc) is 2.96. The van der Waals surface area contributed by atoms with Gasteiger partial charge >= 0.3 is 12.1 Å². The van der Waals surface area contributed by atoms with Crippen molar-refractivity contribution >= 4 is 11.8 Å². The zero-order chi connectivity index (χ0) is 33.1. The number of aromatic hydroxyl groups is 2. The Morgan fingerprint density at radius 3 is 2.13 bits per heavy atom. The van der Waals surface area contributed by atoms with E-state index in [4.69, 9.17) is 0 Å². The first-order valence-electron chi connectivity index (χ1n) is 15.3. The van der Waals surface area contributed by atoms with Gasteiger partial charge in [0.15, 0.2) is 5.82 Å². The number of fused-ring (bicyclic) bond motifs is 1. The molecular weight excluding hydrogens is 617 g/mol. The van der Waals surface area contributed by atoms with Crippen molar-refractivity contribution in [3.63, 3.8) is 0 Å². The topological polar surface area (TPSA) is 108 Å². The molecule has 45 heavy (non-hydrogen) atoms. The molecule has 0 spiro atoms. The highest BCUT2D eigenvalue weighted by Gasteiger charge is 2.56. The third kappa shape index (κ3) is 10.7. The number of thioether (sulfide) groups is 1. The maximum atomic E-state index is 13.0. The second-order valence-electron chi connectivity index (χ2n) is 11.8. The summed E-state index contributed by atoms with van der Waals surface area (Å²) in [6, 6.07) is 13.1. The Morgan fingerprint density at radius 2 is 1.51 bits per heavy atom. The Balaban J connectivity index is 1.37. The van der Waals surface area contributed by atoms with Crippen LogP contribution in [0.25, 0.3) is 0 Å². The first-order chi connectivity index (χ1) is 21.2. The number of nitrogens with zero attached hydrogens (tertiary/aromatic N) is 1. The molecule has 2 aromatic rings. The van der Waals surface area contributed by atoms with Gasteiger partial charge in [-0.25, -0.2) is 0 Å². The molecule has 0 aromatic heterocycles. The van der Waals surface area contributed by atoms with Crippen LogP contribution in [0.4, 0.5) is 22.0 Å². The summed E-state index contributed by atoms with van der Waals surface area (Å²) in [6.45, 7) is 2.41. The summed E-state index contributed by atoms with van der Waals surface area (Å²) >= 11 is 1.75. The summed E-state index contributed by atoms with van der Waals surface area (Å²) in [5, 5.41) is 36.0. The number of hydrogen-bond donors (Lipinski definition) is 4. The van der Waals surface area contributed by atoms with Crippen molar-refractivity contribution < 1.29 is 37.1 Å². The number of alkyl halides is 5. The highest BCUT2D eigenvalue weighted by atomic mass is 32.2. The van der Waals surface area contributed by atoms with Gasteiger partial charge in [0.1, 0.15) is 11.5 Å². The van der Waals surface area contributed by atoms with Crippen LogP contribution in [-0.2, 0) is 5.41 Å². The number of halogens is 5. The van der Waals surface area contributed by atoms with Crippen LogP contribution >= 0.6 is 11.8 Å². The van der Waals surface area contributed by atoms with Gasteiger partial charge in [0.2, 0.25) is 0 Å². The van der Waals surface area contributed by atoms with Crippen LogP contribution in [-0.4, -0.2) is 46.1 Å². The van der Waals surface area contributed by atoms with Gasteiger partial charge in [0, 0.05) is 35.6 Å². The Morgan fingerprint density at radius 1 is 0.933 bits per heavy atom. The van der Waals surface area contributed by atoms with Gasteiger partial charge in [-0.15, -0.1) is 11.8 Å². The van der Waals surface area contributed by atoms with E-state index >= 15 is 0 Å². The summed E-state index contributed by atoms with van der Waals surface area (Å²) in [5.41, 5.74) is 2.30. The van der Waals surface area contributed by atoms with Crippen LogP contribution < -0.4 is 10.6 Å². The molecule has 7 nitrogen and oxygen atoms in total. The van der Waals surface area contributed by atoms with E-state index in [1.165, 1.54) is 11.1 Å². The van der Waals surface area contributed by atoms with Crippen LogP contribution in [0.15, 0.2) is 59.4 Å². The fraction of sp³-hybridized carbons (Fsp3) is 0.562. The molecule has 0 radical (unpaired) electrons. The minimum absolute atomic E-state index is 0.0208. The van der Waals surface area contributed by atoms with E-state index in [-0.39, 0.29) is 35.2 Å². The minimum atomic E-state index is -5.62. The lowest BCUT2D eigenvalue weighted by molar-refractivity contribution is -0.404. The second kappa shape index (κ2) is 16.4. The lowest BCUT2D eigenvalue weighted by Crippen LogP contribution is -2.37. The molecular formula is C32H42F5N3O4S. The number of rotatable bonds is 18. The van der Waals surface area contributed by atoms with Crippen molar-refractivity contribution in [2.45, 2.75) is 99.5 Å². The summed E-state index contributed by atoms with van der Waals surface area (Å²) in [4.78, 5) is 11.2. The molecule has 1 heterocycles. The van der Waals surface area contributed by atoms with Gasteiger partial charge in [-0.1, -0.05) is 63.6 Å². The molecule has 0 fully saturated rings. The van der Waals surface area contributed by atoms with E-state index in [2.05, 4.69) is 17.6 Å². The van der Waals surface area contributed by atoms with Crippen molar-refractivity contribution in [2.75, 3.05) is 18.8 Å². The number of hydrogen-bond acceptors (Lipinski definition) is 7. The molecule has 2 atom stereocenters. The van der Waals surface area contributed by atoms with Crippen molar-refractivity contribution in [3.8, 4) is 11.5 Å². The standard InChI is InChI=1S/C32H42F5N3O4S/c1-30(23-11-13-24(41)14-12-23)22-45-28-20-25(42)15-16-26(28)27(30)10-7-5-3-2-4-6-8-18-38-29(21-40(43)44)39-19-9-17-31(33,34)32(35,36)37/h11-16,20-21,27,38-39,41-42H,2-10,17-19,22H2,1H3/b29-21+. The Hall–Kier alpha value is -3.22. The van der Waals surface area contributed by atoms with Gasteiger partial charge in [0.05, 0.1) is 4.92 Å². The fourth-order valence-corrected chi connectivity index (χ4v) is 7.13. The predicted octanol–water partition coefficient (Wildman–Crippen LogP) is 8.60. The maximum absolute atomic E-state index is 13.0.